The van der Waals surface area contributed by atoms with E-state index in [-0.39, 0.29) is 5.56 Å². The summed E-state index contributed by atoms with van der Waals surface area (Å²) in [5.74, 6) is -0.414. The van der Waals surface area contributed by atoms with Crippen LogP contribution in [-0.2, 0) is 6.54 Å². The number of carboxylic acid groups (broad SMARTS) is 1. The maximum absolute atomic E-state index is 12.4. The lowest BCUT2D eigenvalue weighted by molar-refractivity contribution is 0.0694. The molecule has 6 nitrogen and oxygen atoms in total. The molecular weight excluding hydrogens is 344 g/mol. The molecule has 0 radical (unpaired) electrons. The first-order chi connectivity index (χ1) is 12.9. The summed E-state index contributed by atoms with van der Waals surface area (Å²) in [6, 6.07) is 7.32. The molecule has 27 heavy (non-hydrogen) atoms. The molecule has 1 N–H and O–H groups in total. The highest BCUT2D eigenvalue weighted by Crippen LogP contribution is 2.20. The van der Waals surface area contributed by atoms with Gasteiger partial charge in [0.2, 0.25) is 0 Å². The summed E-state index contributed by atoms with van der Waals surface area (Å²) in [5, 5.41) is 11.3. The second kappa shape index (κ2) is 7.31. The molecule has 0 aliphatic carbocycles. The van der Waals surface area contributed by atoms with Crippen LogP contribution in [0.4, 0.5) is 0 Å². The van der Waals surface area contributed by atoms with Crippen LogP contribution >= 0.6 is 0 Å². The Morgan fingerprint density at radius 1 is 1.30 bits per heavy atom. The van der Waals surface area contributed by atoms with E-state index in [0.29, 0.717) is 13.1 Å². The largest absolute Gasteiger partial charge is 0.496 e. The van der Waals surface area contributed by atoms with E-state index in [9.17, 15) is 14.7 Å². The Hall–Kier alpha value is -3.02. The zero-order chi connectivity index (χ0) is 19.7. The summed E-state index contributed by atoms with van der Waals surface area (Å²) >= 11 is 0. The molecule has 6 heteroatoms. The number of benzene rings is 1. The summed E-state index contributed by atoms with van der Waals surface area (Å²) < 4.78 is 7.45. The number of carboxylic acids is 1. The Bertz CT molecular complexity index is 1080. The minimum absolute atomic E-state index is 0.204. The van der Waals surface area contributed by atoms with E-state index in [1.165, 1.54) is 17.8 Å². The predicted octanol–water partition coefficient (Wildman–Crippen LogP) is 1.24. The molecule has 0 unspecified atom stereocenters. The summed E-state index contributed by atoms with van der Waals surface area (Å²) in [4.78, 5) is 25.8. The first-order valence-corrected chi connectivity index (χ1v) is 8.95. The molecule has 0 amide bonds. The van der Waals surface area contributed by atoms with E-state index in [1.54, 1.807) is 7.11 Å². The van der Waals surface area contributed by atoms with Crippen LogP contribution in [0.1, 0.15) is 36.3 Å². The molecule has 0 saturated heterocycles. The first-order valence-electron chi connectivity index (χ1n) is 8.95. The average Bonchev–Trinajstić information content (AvgIpc) is 2.66. The zero-order valence-electron chi connectivity index (χ0n) is 16.1. The molecule has 3 rings (SSSR count). The molecule has 0 bridgehead atoms. The number of hydrogen-bond donors (Lipinski definition) is 1. The van der Waals surface area contributed by atoms with E-state index >= 15 is 0 Å². The van der Waals surface area contributed by atoms with E-state index in [1.807, 2.05) is 29.8 Å². The number of hydrogen-bond acceptors (Lipinski definition) is 4. The molecule has 0 fully saturated rings. The fourth-order valence-corrected chi connectivity index (χ4v) is 3.55. The van der Waals surface area contributed by atoms with Gasteiger partial charge in [-0.05, 0) is 19.4 Å². The van der Waals surface area contributed by atoms with Crippen LogP contribution in [0.25, 0.3) is 11.3 Å². The molecule has 0 saturated carbocycles. The number of likely N-dealkylation sites (N-methyl/N-ethyl adjacent to an activating group) is 1. The van der Waals surface area contributed by atoms with Crippen molar-refractivity contribution in [3.8, 4) is 5.75 Å². The van der Waals surface area contributed by atoms with Crippen molar-refractivity contribution >= 4 is 17.2 Å². The van der Waals surface area contributed by atoms with Gasteiger partial charge in [0.1, 0.15) is 11.3 Å². The molecule has 142 valence electrons. The minimum atomic E-state index is -1.20. The molecule has 1 aromatic carbocycles. The Labute approximate surface area is 157 Å². The highest BCUT2D eigenvalue weighted by atomic mass is 16.5. The number of methoxy groups -OCH3 is 1. The van der Waals surface area contributed by atoms with Gasteiger partial charge >= 0.3 is 5.97 Å². The average molecular weight is 368 g/mol. The van der Waals surface area contributed by atoms with Gasteiger partial charge in [0.05, 0.1) is 18.5 Å². The molecule has 1 aromatic heterocycles. The molecule has 2 aromatic rings. The van der Waals surface area contributed by atoms with Gasteiger partial charge < -0.3 is 19.3 Å². The second-order valence-electron chi connectivity index (χ2n) is 6.72. The van der Waals surface area contributed by atoms with Crippen molar-refractivity contribution in [3.63, 3.8) is 0 Å². The van der Waals surface area contributed by atoms with E-state index in [0.717, 1.165) is 34.0 Å². The topological polar surface area (TPSA) is 71.8 Å². The smallest absolute Gasteiger partial charge is 0.341 e. The minimum Gasteiger partial charge on any atom is -0.496 e. The second-order valence-corrected chi connectivity index (χ2v) is 6.72. The summed E-state index contributed by atoms with van der Waals surface area (Å²) in [6.45, 7) is 5.50. The van der Waals surface area contributed by atoms with Gasteiger partial charge in [-0.2, -0.15) is 0 Å². The van der Waals surface area contributed by atoms with Crippen molar-refractivity contribution in [2.24, 2.45) is 0 Å². The lowest BCUT2D eigenvalue weighted by atomic mass is 10.0. The number of nitrogens with zero attached hydrogens (tertiary/aromatic N) is 2. The normalized spacial score (nSPS) is 16.7. The van der Waals surface area contributed by atoms with Gasteiger partial charge in [-0.1, -0.05) is 24.6 Å². The van der Waals surface area contributed by atoms with Crippen molar-refractivity contribution in [2.45, 2.75) is 26.8 Å². The Morgan fingerprint density at radius 3 is 2.67 bits per heavy atom. The predicted molar refractivity (Wildman–Crippen MR) is 104 cm³/mol. The fourth-order valence-electron chi connectivity index (χ4n) is 3.55. The Kier molecular flexibility index (Phi) is 5.08. The van der Waals surface area contributed by atoms with Crippen molar-refractivity contribution in [3.05, 3.63) is 62.4 Å². The number of ether oxygens (including phenoxy) is 1. The summed E-state index contributed by atoms with van der Waals surface area (Å²) in [5.41, 5.74) is 2.12. The van der Waals surface area contributed by atoms with Gasteiger partial charge in [-0.3, -0.25) is 4.79 Å². The summed E-state index contributed by atoms with van der Waals surface area (Å²) in [7, 11) is 3.64. The first kappa shape index (κ1) is 18.8. The lowest BCUT2D eigenvalue weighted by Crippen LogP contribution is -2.41. The maximum atomic E-state index is 12.4. The SMILES string of the molecule is CC/C(C)=c1/c(OC)ccc/c1=C1\c2cc(=O)c(C(=O)O)cn2CCN1C. The third-order valence-corrected chi connectivity index (χ3v) is 5.12. The zero-order valence-corrected chi connectivity index (χ0v) is 16.1. The van der Waals surface area contributed by atoms with E-state index in [2.05, 4.69) is 18.7 Å². The highest BCUT2D eigenvalue weighted by Gasteiger charge is 2.22. The van der Waals surface area contributed by atoms with Crippen LogP contribution in [-0.4, -0.2) is 41.2 Å². The van der Waals surface area contributed by atoms with Crippen LogP contribution in [0.2, 0.25) is 0 Å². The molecule has 0 spiro atoms. The van der Waals surface area contributed by atoms with Crippen LogP contribution in [0.5, 0.6) is 5.75 Å². The number of aromatic carboxylic acids is 1. The summed E-state index contributed by atoms with van der Waals surface area (Å²) in [6.07, 6.45) is 2.32. The lowest BCUT2D eigenvalue weighted by Gasteiger charge is -2.32. The van der Waals surface area contributed by atoms with Gasteiger partial charge in [0.15, 0.2) is 5.43 Å². The number of rotatable bonds is 3. The standard InChI is InChI=1S/C21H24N2O4/c1-5-13(2)19-14(7-6-8-18(19)27-4)20-16-11-17(24)15(21(25)26)12-23(16)10-9-22(20)3/h6-8,11-12H,5,9-10H2,1-4H3,(H,25,26)/b19-13+,20-14-. The van der Waals surface area contributed by atoms with Crippen molar-refractivity contribution < 1.29 is 14.6 Å². The van der Waals surface area contributed by atoms with E-state index in [4.69, 9.17) is 4.74 Å². The maximum Gasteiger partial charge on any atom is 0.341 e. The number of aromatic nitrogens is 1. The molecule has 2 heterocycles. The number of carbonyl (C=O) groups is 1. The fraction of sp³-hybridized carbons (Fsp3) is 0.333. The quantitative estimate of drug-likeness (QED) is 0.883. The van der Waals surface area contributed by atoms with Crippen LogP contribution in [0, 0.1) is 0 Å². The van der Waals surface area contributed by atoms with Crippen molar-refractivity contribution in [1.29, 1.82) is 0 Å². The third kappa shape index (κ3) is 3.23. The molecule has 0 atom stereocenters. The molecule has 1 aliphatic heterocycles. The third-order valence-electron chi connectivity index (χ3n) is 5.12. The monoisotopic (exact) mass is 368 g/mol. The van der Waals surface area contributed by atoms with Crippen LogP contribution < -0.4 is 20.6 Å². The Balaban J connectivity index is 2.50. The van der Waals surface area contributed by atoms with Gasteiger partial charge in [0, 0.05) is 42.8 Å². The Morgan fingerprint density at radius 2 is 2.04 bits per heavy atom. The van der Waals surface area contributed by atoms with E-state index < -0.39 is 11.4 Å². The molecular formula is C21H24N2O4. The highest BCUT2D eigenvalue weighted by molar-refractivity contribution is 5.87. The number of pyridine rings is 1. The van der Waals surface area contributed by atoms with Crippen molar-refractivity contribution in [1.82, 2.24) is 9.47 Å². The van der Waals surface area contributed by atoms with Gasteiger partial charge in [-0.25, -0.2) is 4.79 Å². The van der Waals surface area contributed by atoms with Crippen molar-refractivity contribution in [2.75, 3.05) is 20.7 Å². The van der Waals surface area contributed by atoms with Gasteiger partial charge in [0.25, 0.3) is 0 Å². The van der Waals surface area contributed by atoms with Crippen LogP contribution in [0.3, 0.4) is 0 Å². The van der Waals surface area contributed by atoms with Gasteiger partial charge in [-0.15, -0.1) is 0 Å². The van der Waals surface area contributed by atoms with Crippen LogP contribution in [0.15, 0.2) is 35.3 Å². The number of fused-ring (bicyclic) bond motifs is 1. The molecule has 1 aliphatic rings.